The van der Waals surface area contributed by atoms with Crippen molar-refractivity contribution in [3.63, 3.8) is 0 Å². The molecular weight excluding hydrogens is 434 g/mol. The van der Waals surface area contributed by atoms with Crippen LogP contribution in [-0.2, 0) is 30.9 Å². The van der Waals surface area contributed by atoms with Crippen molar-refractivity contribution >= 4 is 33.2 Å². The highest BCUT2D eigenvalue weighted by atomic mass is 32.2. The number of benzene rings is 1. The Kier molecular flexibility index (Phi) is 6.31. The summed E-state index contributed by atoms with van der Waals surface area (Å²) in [6.07, 6.45) is 1.35. The van der Waals surface area contributed by atoms with E-state index in [0.29, 0.717) is 56.3 Å². The van der Waals surface area contributed by atoms with Crippen LogP contribution in [0.25, 0.3) is 0 Å². The number of aryl methyl sites for hydroxylation is 1. The van der Waals surface area contributed by atoms with E-state index in [0.717, 1.165) is 12.1 Å². The fraction of sp³-hybridized carbons (Fsp3) is 0.476. The molecule has 1 N–H and O–H groups in total. The molecule has 2 fully saturated rings. The number of rotatable bonds is 6. The average Bonchev–Trinajstić information content (AvgIpc) is 3.31. The molecule has 2 aliphatic rings. The molecule has 1 aromatic carbocycles. The number of nitrogens with one attached hydrogen (secondary N) is 1. The third-order valence-electron chi connectivity index (χ3n) is 5.69. The number of anilines is 2. The summed E-state index contributed by atoms with van der Waals surface area (Å²) in [7, 11) is -3.72. The number of hydrogen-bond acceptors (Lipinski definition) is 6. The van der Waals surface area contributed by atoms with Crippen molar-refractivity contribution in [2.24, 2.45) is 0 Å². The van der Waals surface area contributed by atoms with E-state index in [1.54, 1.807) is 36.9 Å². The molecule has 1 aromatic heterocycles. The molecule has 0 radical (unpaired) electrons. The molecule has 10 nitrogen and oxygen atoms in total. The summed E-state index contributed by atoms with van der Waals surface area (Å²) in [4.78, 5) is 26.5. The van der Waals surface area contributed by atoms with E-state index in [9.17, 15) is 18.0 Å². The second-order valence-corrected chi connectivity index (χ2v) is 9.80. The molecule has 0 atom stereocenters. The maximum Gasteiger partial charge on any atom is 0.246 e. The minimum Gasteiger partial charge on any atom is -0.379 e. The first-order valence-electron chi connectivity index (χ1n) is 10.6. The SMILES string of the molecule is Cc1nn(CC(=O)Nc2cccc(N3CCCC3=O)c2)c(C)c1S(=O)(=O)N1CCOCC1. The first-order chi connectivity index (χ1) is 15.3. The average molecular weight is 462 g/mol. The summed E-state index contributed by atoms with van der Waals surface area (Å²) in [5, 5.41) is 7.12. The Morgan fingerprint density at radius 1 is 1.19 bits per heavy atom. The number of morpholine rings is 1. The van der Waals surface area contributed by atoms with E-state index in [1.807, 2.05) is 6.07 Å². The van der Waals surface area contributed by atoms with Crippen molar-refractivity contribution < 1.29 is 22.7 Å². The smallest absolute Gasteiger partial charge is 0.246 e. The van der Waals surface area contributed by atoms with Gasteiger partial charge in [0.2, 0.25) is 21.8 Å². The zero-order chi connectivity index (χ0) is 22.9. The highest BCUT2D eigenvalue weighted by molar-refractivity contribution is 7.89. The van der Waals surface area contributed by atoms with E-state index in [1.165, 1.54) is 8.99 Å². The molecule has 2 saturated heterocycles. The van der Waals surface area contributed by atoms with Gasteiger partial charge in [-0.15, -0.1) is 0 Å². The van der Waals surface area contributed by atoms with Crippen molar-refractivity contribution in [3.05, 3.63) is 35.7 Å². The minimum atomic E-state index is -3.72. The molecule has 2 amide bonds. The molecule has 2 aliphatic heterocycles. The third kappa shape index (κ3) is 4.41. The highest BCUT2D eigenvalue weighted by Gasteiger charge is 2.32. The number of nitrogens with zero attached hydrogens (tertiary/aromatic N) is 4. The Bertz CT molecular complexity index is 1140. The van der Waals surface area contributed by atoms with Crippen molar-refractivity contribution in [2.45, 2.75) is 38.1 Å². The van der Waals surface area contributed by atoms with Crippen LogP contribution in [0.4, 0.5) is 11.4 Å². The van der Waals surface area contributed by atoms with Gasteiger partial charge in [-0.05, 0) is 38.5 Å². The summed E-state index contributed by atoms with van der Waals surface area (Å²) in [6, 6.07) is 7.13. The summed E-state index contributed by atoms with van der Waals surface area (Å²) < 4.78 is 34.2. The van der Waals surface area contributed by atoms with Gasteiger partial charge in [0.05, 0.1) is 24.6 Å². The van der Waals surface area contributed by atoms with Gasteiger partial charge in [0.15, 0.2) is 0 Å². The van der Waals surface area contributed by atoms with Gasteiger partial charge >= 0.3 is 0 Å². The normalized spacial score (nSPS) is 17.7. The second-order valence-electron chi connectivity index (χ2n) is 7.92. The molecule has 0 unspecified atom stereocenters. The van der Waals surface area contributed by atoms with E-state index in [-0.39, 0.29) is 23.3 Å². The van der Waals surface area contributed by atoms with Gasteiger partial charge in [-0.2, -0.15) is 9.40 Å². The van der Waals surface area contributed by atoms with Crippen LogP contribution in [0.5, 0.6) is 0 Å². The maximum absolute atomic E-state index is 13.1. The van der Waals surface area contributed by atoms with E-state index >= 15 is 0 Å². The number of amides is 2. The summed E-state index contributed by atoms with van der Waals surface area (Å²) >= 11 is 0. The molecule has 0 spiro atoms. The van der Waals surface area contributed by atoms with Gasteiger partial charge < -0.3 is 15.0 Å². The van der Waals surface area contributed by atoms with E-state index in [2.05, 4.69) is 10.4 Å². The first-order valence-corrected chi connectivity index (χ1v) is 12.0. The Labute approximate surface area is 187 Å². The molecule has 4 rings (SSSR count). The predicted octanol–water partition coefficient (Wildman–Crippen LogP) is 1.29. The number of sulfonamides is 1. The molecule has 32 heavy (non-hydrogen) atoms. The van der Waals surface area contributed by atoms with Gasteiger partial charge in [-0.1, -0.05) is 6.07 Å². The van der Waals surface area contributed by atoms with Crippen molar-refractivity contribution in [1.82, 2.24) is 14.1 Å². The predicted molar refractivity (Wildman–Crippen MR) is 118 cm³/mol. The lowest BCUT2D eigenvalue weighted by Gasteiger charge is -2.26. The topological polar surface area (TPSA) is 114 Å². The summed E-state index contributed by atoms with van der Waals surface area (Å²) in [5.74, 6) is -0.263. The lowest BCUT2D eigenvalue weighted by molar-refractivity contribution is -0.117. The van der Waals surface area contributed by atoms with E-state index in [4.69, 9.17) is 4.74 Å². The molecule has 172 valence electrons. The molecule has 3 heterocycles. The monoisotopic (exact) mass is 461 g/mol. The molecule has 2 aromatic rings. The third-order valence-corrected chi connectivity index (χ3v) is 7.84. The molecular formula is C21H27N5O5S. The van der Waals surface area contributed by atoms with Crippen molar-refractivity contribution in [1.29, 1.82) is 0 Å². The van der Waals surface area contributed by atoms with Crippen molar-refractivity contribution in [3.8, 4) is 0 Å². The standard InChI is InChI=1S/C21H27N5O5S/c1-15-21(32(29,30)24-9-11-31-12-10-24)16(2)26(23-15)14-19(27)22-17-5-3-6-18(13-17)25-8-4-7-20(25)28/h3,5-6,13H,4,7-12,14H2,1-2H3,(H,22,27). The van der Waals surface area contributed by atoms with Crippen LogP contribution in [-0.4, -0.2) is 67.2 Å². The van der Waals surface area contributed by atoms with E-state index < -0.39 is 10.0 Å². The lowest BCUT2D eigenvalue weighted by Crippen LogP contribution is -2.41. The Hall–Kier alpha value is -2.76. The molecule has 0 saturated carbocycles. The number of aromatic nitrogens is 2. The Morgan fingerprint density at radius 2 is 1.94 bits per heavy atom. The lowest BCUT2D eigenvalue weighted by atomic mass is 10.2. The zero-order valence-electron chi connectivity index (χ0n) is 18.2. The number of carbonyl (C=O) groups excluding carboxylic acids is 2. The van der Waals surface area contributed by atoms with Crippen LogP contribution in [0.15, 0.2) is 29.2 Å². The number of ether oxygens (including phenoxy) is 1. The number of hydrogen-bond donors (Lipinski definition) is 1. The van der Waals surface area contributed by atoms with Crippen LogP contribution >= 0.6 is 0 Å². The van der Waals surface area contributed by atoms with Gasteiger partial charge in [-0.3, -0.25) is 14.3 Å². The summed E-state index contributed by atoms with van der Waals surface area (Å²) in [6.45, 7) is 5.13. The van der Waals surface area contributed by atoms with Crippen molar-refractivity contribution in [2.75, 3.05) is 43.1 Å². The second kappa shape index (κ2) is 9.00. The molecule has 11 heteroatoms. The van der Waals surface area contributed by atoms with Crippen LogP contribution in [0.1, 0.15) is 24.2 Å². The molecule has 0 aliphatic carbocycles. The van der Waals surface area contributed by atoms with Gasteiger partial charge in [0.1, 0.15) is 11.4 Å². The first kappa shape index (κ1) is 22.4. The largest absolute Gasteiger partial charge is 0.379 e. The van der Waals surface area contributed by atoms with Gasteiger partial charge in [0.25, 0.3) is 0 Å². The summed E-state index contributed by atoms with van der Waals surface area (Å²) in [5.41, 5.74) is 2.09. The Morgan fingerprint density at radius 3 is 2.62 bits per heavy atom. The highest BCUT2D eigenvalue weighted by Crippen LogP contribution is 2.26. The van der Waals surface area contributed by atoms with Gasteiger partial charge in [-0.25, -0.2) is 8.42 Å². The number of carbonyl (C=O) groups is 2. The fourth-order valence-electron chi connectivity index (χ4n) is 4.13. The van der Waals surface area contributed by atoms with Gasteiger partial charge in [0, 0.05) is 37.4 Å². The zero-order valence-corrected chi connectivity index (χ0v) is 19.0. The van der Waals surface area contributed by atoms with Crippen LogP contribution in [0, 0.1) is 13.8 Å². The Balaban J connectivity index is 1.49. The van der Waals surface area contributed by atoms with Crippen LogP contribution in [0.2, 0.25) is 0 Å². The quantitative estimate of drug-likeness (QED) is 0.693. The fourth-order valence-corrected chi connectivity index (χ4v) is 5.91. The molecule has 0 bridgehead atoms. The van der Waals surface area contributed by atoms with Crippen LogP contribution < -0.4 is 10.2 Å². The van der Waals surface area contributed by atoms with Crippen LogP contribution in [0.3, 0.4) is 0 Å². The minimum absolute atomic E-state index is 0.0742. The maximum atomic E-state index is 13.1.